The van der Waals surface area contributed by atoms with E-state index in [1.54, 1.807) is 22.6 Å². The van der Waals surface area contributed by atoms with E-state index in [0.29, 0.717) is 11.4 Å². The standard InChI is InChI=1S/C23H25N3O2S/c1-18-12-14-20(15-13-18)29(27,28)26-17-7-11-22(26)21-10-6-16-24-23(21)25(2)19-8-4-3-5-9-19/h3-6,8-10,12-16,22H,7,11,17H2,1-2H3. The van der Waals surface area contributed by atoms with Gasteiger partial charge in [0.05, 0.1) is 10.9 Å². The number of aryl methyl sites for hydroxylation is 1. The Balaban J connectivity index is 1.72. The number of aromatic nitrogens is 1. The van der Waals surface area contributed by atoms with E-state index in [0.717, 1.165) is 35.5 Å². The second kappa shape index (κ2) is 7.97. The van der Waals surface area contributed by atoms with Gasteiger partial charge >= 0.3 is 0 Å². The van der Waals surface area contributed by atoms with Crippen LogP contribution < -0.4 is 4.90 Å². The number of rotatable bonds is 5. The first-order valence-electron chi connectivity index (χ1n) is 9.81. The lowest BCUT2D eigenvalue weighted by Crippen LogP contribution is -2.31. The molecule has 0 amide bonds. The number of hydrogen-bond acceptors (Lipinski definition) is 4. The first kappa shape index (κ1) is 19.6. The van der Waals surface area contributed by atoms with Gasteiger partial charge in [0.2, 0.25) is 10.0 Å². The molecule has 5 nitrogen and oxygen atoms in total. The number of nitrogens with zero attached hydrogens (tertiary/aromatic N) is 3. The van der Waals surface area contributed by atoms with Crippen molar-refractivity contribution in [2.75, 3.05) is 18.5 Å². The summed E-state index contributed by atoms with van der Waals surface area (Å²) in [5.74, 6) is 0.787. The van der Waals surface area contributed by atoms with Crippen LogP contribution in [-0.2, 0) is 10.0 Å². The van der Waals surface area contributed by atoms with Crippen LogP contribution in [-0.4, -0.2) is 31.3 Å². The van der Waals surface area contributed by atoms with Gasteiger partial charge in [0.1, 0.15) is 5.82 Å². The molecule has 0 aliphatic carbocycles. The van der Waals surface area contributed by atoms with Crippen LogP contribution in [0, 0.1) is 6.92 Å². The van der Waals surface area contributed by atoms with Crippen LogP contribution in [0.1, 0.15) is 30.0 Å². The Bertz CT molecular complexity index is 1080. The van der Waals surface area contributed by atoms with E-state index in [4.69, 9.17) is 0 Å². The Labute approximate surface area is 172 Å². The molecule has 2 aromatic carbocycles. The molecule has 150 valence electrons. The zero-order chi connectivity index (χ0) is 20.4. The van der Waals surface area contributed by atoms with Crippen molar-refractivity contribution < 1.29 is 8.42 Å². The minimum absolute atomic E-state index is 0.226. The van der Waals surface area contributed by atoms with E-state index in [-0.39, 0.29) is 6.04 Å². The Morgan fingerprint density at radius 3 is 2.45 bits per heavy atom. The number of anilines is 2. The minimum atomic E-state index is -3.57. The van der Waals surface area contributed by atoms with E-state index in [1.165, 1.54) is 0 Å². The summed E-state index contributed by atoms with van der Waals surface area (Å²) in [5.41, 5.74) is 2.99. The van der Waals surface area contributed by atoms with Gasteiger partial charge in [-0.25, -0.2) is 13.4 Å². The number of para-hydroxylation sites is 1. The maximum atomic E-state index is 13.4. The number of pyridine rings is 1. The molecule has 0 spiro atoms. The summed E-state index contributed by atoms with van der Waals surface area (Å²) in [4.78, 5) is 6.97. The summed E-state index contributed by atoms with van der Waals surface area (Å²) in [5, 5.41) is 0. The molecule has 1 aromatic heterocycles. The maximum absolute atomic E-state index is 13.4. The van der Waals surface area contributed by atoms with Crippen molar-refractivity contribution in [2.24, 2.45) is 0 Å². The van der Waals surface area contributed by atoms with Crippen LogP contribution in [0.4, 0.5) is 11.5 Å². The van der Waals surface area contributed by atoms with Crippen molar-refractivity contribution in [3.05, 3.63) is 84.1 Å². The Morgan fingerprint density at radius 1 is 1.00 bits per heavy atom. The third kappa shape index (κ3) is 3.78. The highest BCUT2D eigenvalue weighted by Gasteiger charge is 2.37. The maximum Gasteiger partial charge on any atom is 0.243 e. The van der Waals surface area contributed by atoms with Crippen molar-refractivity contribution >= 4 is 21.5 Å². The minimum Gasteiger partial charge on any atom is -0.329 e. The fraction of sp³-hybridized carbons (Fsp3) is 0.261. The molecule has 1 saturated heterocycles. The van der Waals surface area contributed by atoms with Gasteiger partial charge in [-0.3, -0.25) is 0 Å². The van der Waals surface area contributed by atoms with Gasteiger partial charge in [-0.1, -0.05) is 42.0 Å². The molecule has 6 heteroatoms. The molecule has 3 aromatic rings. The zero-order valence-electron chi connectivity index (χ0n) is 16.7. The molecule has 1 unspecified atom stereocenters. The normalized spacial score (nSPS) is 17.4. The van der Waals surface area contributed by atoms with Crippen molar-refractivity contribution in [1.29, 1.82) is 0 Å². The lowest BCUT2D eigenvalue weighted by Gasteiger charge is -2.28. The second-order valence-electron chi connectivity index (χ2n) is 7.40. The molecule has 1 aliphatic heterocycles. The molecule has 2 heterocycles. The fourth-order valence-corrected chi connectivity index (χ4v) is 5.58. The smallest absolute Gasteiger partial charge is 0.243 e. The monoisotopic (exact) mass is 407 g/mol. The highest BCUT2D eigenvalue weighted by Crippen LogP contribution is 2.40. The van der Waals surface area contributed by atoms with Gasteiger partial charge in [0, 0.05) is 31.0 Å². The van der Waals surface area contributed by atoms with Gasteiger partial charge in [-0.05, 0) is 50.1 Å². The summed E-state index contributed by atoms with van der Waals surface area (Å²) >= 11 is 0. The second-order valence-corrected chi connectivity index (χ2v) is 9.29. The van der Waals surface area contributed by atoms with Crippen LogP contribution in [0.5, 0.6) is 0 Å². The fourth-order valence-electron chi connectivity index (χ4n) is 3.91. The summed E-state index contributed by atoms with van der Waals surface area (Å²) in [6.45, 7) is 2.47. The van der Waals surface area contributed by atoms with Crippen molar-refractivity contribution in [2.45, 2.75) is 30.7 Å². The Morgan fingerprint density at radius 2 is 1.72 bits per heavy atom. The van der Waals surface area contributed by atoms with Crippen molar-refractivity contribution in [3.8, 4) is 0 Å². The van der Waals surface area contributed by atoms with Crippen LogP contribution in [0.15, 0.2) is 77.8 Å². The molecule has 0 bridgehead atoms. The SMILES string of the molecule is Cc1ccc(S(=O)(=O)N2CCCC2c2cccnc2N(C)c2ccccc2)cc1. The lowest BCUT2D eigenvalue weighted by molar-refractivity contribution is 0.396. The Hall–Kier alpha value is -2.70. The van der Waals surface area contributed by atoms with Gasteiger partial charge in [0.15, 0.2) is 0 Å². The quantitative estimate of drug-likeness (QED) is 0.616. The average molecular weight is 408 g/mol. The van der Waals surface area contributed by atoms with Crippen molar-refractivity contribution in [3.63, 3.8) is 0 Å². The third-order valence-corrected chi connectivity index (χ3v) is 7.39. The molecule has 4 rings (SSSR count). The first-order chi connectivity index (χ1) is 14.0. The van der Waals surface area contributed by atoms with Gasteiger partial charge in [-0.2, -0.15) is 4.31 Å². The largest absolute Gasteiger partial charge is 0.329 e. The molecule has 1 atom stereocenters. The number of sulfonamides is 1. The van der Waals surface area contributed by atoms with Gasteiger partial charge in [0.25, 0.3) is 0 Å². The molecular weight excluding hydrogens is 382 g/mol. The predicted molar refractivity (Wildman–Crippen MR) is 116 cm³/mol. The molecule has 1 fully saturated rings. The van der Waals surface area contributed by atoms with Crippen LogP contribution in [0.2, 0.25) is 0 Å². The molecule has 0 radical (unpaired) electrons. The summed E-state index contributed by atoms with van der Waals surface area (Å²) in [6, 6.07) is 20.7. The molecule has 0 N–H and O–H groups in total. The molecule has 29 heavy (non-hydrogen) atoms. The average Bonchev–Trinajstić information content (AvgIpc) is 3.25. The molecule has 0 saturated carbocycles. The summed E-state index contributed by atoms with van der Waals surface area (Å²) in [6.07, 6.45) is 3.37. The van der Waals surface area contributed by atoms with Crippen molar-refractivity contribution in [1.82, 2.24) is 9.29 Å². The first-order valence-corrected chi connectivity index (χ1v) is 11.2. The van der Waals surface area contributed by atoms with Gasteiger partial charge < -0.3 is 4.90 Å². The van der Waals surface area contributed by atoms with Crippen LogP contribution in [0.3, 0.4) is 0 Å². The molecular formula is C23H25N3O2S. The topological polar surface area (TPSA) is 53.5 Å². The predicted octanol–water partition coefficient (Wildman–Crippen LogP) is 4.68. The van der Waals surface area contributed by atoms with Crippen LogP contribution in [0.25, 0.3) is 0 Å². The lowest BCUT2D eigenvalue weighted by atomic mass is 10.1. The third-order valence-electron chi connectivity index (χ3n) is 5.47. The summed E-state index contributed by atoms with van der Waals surface area (Å²) < 4.78 is 28.4. The van der Waals surface area contributed by atoms with E-state index in [1.807, 2.05) is 73.5 Å². The number of benzene rings is 2. The van der Waals surface area contributed by atoms with Gasteiger partial charge in [-0.15, -0.1) is 0 Å². The van der Waals surface area contributed by atoms with E-state index < -0.39 is 10.0 Å². The number of hydrogen-bond donors (Lipinski definition) is 0. The van der Waals surface area contributed by atoms with E-state index in [9.17, 15) is 8.42 Å². The highest BCUT2D eigenvalue weighted by atomic mass is 32.2. The van der Waals surface area contributed by atoms with Crippen LogP contribution >= 0.6 is 0 Å². The molecule has 1 aliphatic rings. The van der Waals surface area contributed by atoms with E-state index in [2.05, 4.69) is 4.98 Å². The summed E-state index contributed by atoms with van der Waals surface area (Å²) in [7, 11) is -1.61. The Kier molecular flexibility index (Phi) is 5.39. The highest BCUT2D eigenvalue weighted by molar-refractivity contribution is 7.89. The zero-order valence-corrected chi connectivity index (χ0v) is 17.5. The van der Waals surface area contributed by atoms with E-state index >= 15 is 0 Å².